The quantitative estimate of drug-likeness (QED) is 0.297. The molecule has 0 saturated carbocycles. The Hall–Kier alpha value is -4.33. The number of benzene rings is 2. The first kappa shape index (κ1) is 33.2. The number of carboxylic acids is 1. The summed E-state index contributed by atoms with van der Waals surface area (Å²) in [6.07, 6.45) is 0.235. The zero-order chi connectivity index (χ0) is 31.8. The van der Waals surface area contributed by atoms with E-state index in [2.05, 4.69) is 16.6 Å². The lowest BCUT2D eigenvalue weighted by Crippen LogP contribution is -2.46. The molecule has 2 aromatic carbocycles. The molecule has 2 aromatic rings. The van der Waals surface area contributed by atoms with Crippen LogP contribution < -0.4 is 19.1 Å². The van der Waals surface area contributed by atoms with Crippen LogP contribution in [0.25, 0.3) is 0 Å². The van der Waals surface area contributed by atoms with Gasteiger partial charge in [-0.05, 0) is 68.7 Å². The first-order valence-corrected chi connectivity index (χ1v) is 14.9. The molecular formula is C29H36FN3O9S. The molecule has 1 unspecified atom stereocenters. The average Bonchev–Trinajstić information content (AvgIpc) is 2.92. The molecular weight excluding hydrogens is 585 g/mol. The average molecular weight is 622 g/mol. The maximum Gasteiger partial charge on any atom is 0.422 e. The fourth-order valence-electron chi connectivity index (χ4n) is 4.43. The number of fused-ring (bicyclic) bond motifs is 1. The number of carbonyl (C=O) groups excluding carboxylic acids is 2. The largest absolute Gasteiger partial charge is 0.487 e. The van der Waals surface area contributed by atoms with E-state index in [9.17, 15) is 27.9 Å². The number of amides is 2. The molecule has 3 rings (SSSR count). The van der Waals surface area contributed by atoms with Crippen molar-refractivity contribution in [2.45, 2.75) is 52.2 Å². The second-order valence-electron chi connectivity index (χ2n) is 10.8. The third-order valence-corrected chi connectivity index (χ3v) is 7.56. The van der Waals surface area contributed by atoms with Crippen molar-refractivity contribution in [3.8, 4) is 5.75 Å². The van der Waals surface area contributed by atoms with Gasteiger partial charge < -0.3 is 24.6 Å². The van der Waals surface area contributed by atoms with E-state index in [1.165, 1.54) is 12.1 Å². The number of alkyl carbamates (subject to hydrolysis) is 1. The van der Waals surface area contributed by atoms with Crippen LogP contribution in [0.5, 0.6) is 5.75 Å². The number of anilines is 1. The SMILES string of the molecule is C=CCOC(=O)NS(=O)(=O)N(CC(=O)O)c1c(OCc2ccccc2)cc2c(c1F)CC(CNC(=O)OC(C)(C)C)CC2. The lowest BCUT2D eigenvalue weighted by atomic mass is 9.83. The van der Waals surface area contributed by atoms with Crippen LogP contribution in [-0.2, 0) is 43.9 Å². The lowest BCUT2D eigenvalue weighted by molar-refractivity contribution is -0.135. The molecule has 1 aliphatic carbocycles. The van der Waals surface area contributed by atoms with Crippen LogP contribution in [0, 0.1) is 11.7 Å². The second kappa shape index (κ2) is 14.2. The molecule has 0 heterocycles. The zero-order valence-corrected chi connectivity index (χ0v) is 25.0. The summed E-state index contributed by atoms with van der Waals surface area (Å²) in [5, 5.41) is 12.3. The summed E-state index contributed by atoms with van der Waals surface area (Å²) >= 11 is 0. The van der Waals surface area contributed by atoms with Crippen molar-refractivity contribution in [3.05, 3.63) is 71.6 Å². The Bertz CT molecular complexity index is 1440. The maximum absolute atomic E-state index is 16.5. The summed E-state index contributed by atoms with van der Waals surface area (Å²) in [4.78, 5) is 36.1. The first-order valence-electron chi connectivity index (χ1n) is 13.5. The van der Waals surface area contributed by atoms with Gasteiger partial charge in [0.25, 0.3) is 0 Å². The summed E-state index contributed by atoms with van der Waals surface area (Å²) < 4.78 is 60.7. The number of nitrogens with one attached hydrogen (secondary N) is 2. The molecule has 12 nitrogen and oxygen atoms in total. The lowest BCUT2D eigenvalue weighted by Gasteiger charge is -2.30. The summed E-state index contributed by atoms with van der Waals surface area (Å²) in [5.41, 5.74) is -0.000458. The van der Waals surface area contributed by atoms with Gasteiger partial charge >= 0.3 is 28.4 Å². The minimum Gasteiger partial charge on any atom is -0.487 e. The van der Waals surface area contributed by atoms with Crippen molar-refractivity contribution in [1.82, 2.24) is 10.0 Å². The van der Waals surface area contributed by atoms with Gasteiger partial charge in [0.05, 0.1) is 0 Å². The van der Waals surface area contributed by atoms with Crippen molar-refractivity contribution in [3.63, 3.8) is 0 Å². The van der Waals surface area contributed by atoms with E-state index in [0.717, 1.165) is 0 Å². The molecule has 234 valence electrons. The first-order chi connectivity index (χ1) is 20.2. The van der Waals surface area contributed by atoms with Gasteiger partial charge in [-0.25, -0.2) is 23.0 Å². The molecule has 2 amide bonds. The van der Waals surface area contributed by atoms with Gasteiger partial charge in [0.15, 0.2) is 5.82 Å². The predicted molar refractivity (Wildman–Crippen MR) is 156 cm³/mol. The Morgan fingerprint density at radius 3 is 2.51 bits per heavy atom. The molecule has 0 fully saturated rings. The molecule has 1 atom stereocenters. The van der Waals surface area contributed by atoms with Crippen molar-refractivity contribution in [2.75, 3.05) is 24.0 Å². The topological polar surface area (TPSA) is 161 Å². The number of aliphatic carboxylic acids is 1. The third kappa shape index (κ3) is 9.60. The van der Waals surface area contributed by atoms with Crippen LogP contribution in [0.1, 0.15) is 43.9 Å². The van der Waals surface area contributed by atoms with Crippen LogP contribution in [-0.4, -0.2) is 57.0 Å². The molecule has 0 spiro atoms. The van der Waals surface area contributed by atoms with Gasteiger partial charge in [0.1, 0.15) is 36.8 Å². The molecule has 0 aromatic heterocycles. The fraction of sp³-hybridized carbons (Fsp3) is 0.414. The van der Waals surface area contributed by atoms with Crippen molar-refractivity contribution in [2.24, 2.45) is 5.92 Å². The number of halogens is 1. The van der Waals surface area contributed by atoms with Gasteiger partial charge in [-0.1, -0.05) is 43.0 Å². The minimum absolute atomic E-state index is 0.0791. The van der Waals surface area contributed by atoms with E-state index in [4.69, 9.17) is 9.47 Å². The Morgan fingerprint density at radius 2 is 1.88 bits per heavy atom. The smallest absolute Gasteiger partial charge is 0.422 e. The van der Waals surface area contributed by atoms with Gasteiger partial charge in [-0.3, -0.25) is 4.79 Å². The summed E-state index contributed by atoms with van der Waals surface area (Å²) in [7, 11) is -5.01. The van der Waals surface area contributed by atoms with Gasteiger partial charge in [0, 0.05) is 6.54 Å². The van der Waals surface area contributed by atoms with Crippen molar-refractivity contribution in [1.29, 1.82) is 0 Å². The summed E-state index contributed by atoms with van der Waals surface area (Å²) in [5.74, 6) is -3.09. The standard InChI is InChI=1S/C29H36FN3O9S/c1-5-13-40-28(37)32-43(38,39)33(17-24(34)35)26-23(41-18-19-9-7-6-8-10-19)15-21-12-11-20(14-22(21)25(26)30)16-31-27(36)42-29(2,3)4/h5-10,15,20H,1,11-14,16-18H2,2-4H3,(H,31,36)(H,32,37)(H,34,35). The van der Waals surface area contributed by atoms with Crippen LogP contribution in [0.4, 0.5) is 19.7 Å². The third-order valence-electron chi connectivity index (χ3n) is 6.25. The molecule has 43 heavy (non-hydrogen) atoms. The van der Waals surface area contributed by atoms with E-state index in [1.807, 2.05) is 0 Å². The number of carboxylic acid groups (broad SMARTS) is 1. The van der Waals surface area contributed by atoms with Crippen molar-refractivity contribution < 1.29 is 46.5 Å². The highest BCUT2D eigenvalue weighted by Crippen LogP contribution is 2.41. The normalized spacial score (nSPS) is 14.6. The maximum atomic E-state index is 16.5. The summed E-state index contributed by atoms with van der Waals surface area (Å²) in [6.45, 7) is 7.08. The van der Waals surface area contributed by atoms with Gasteiger partial charge in [-0.2, -0.15) is 8.42 Å². The summed E-state index contributed by atoms with van der Waals surface area (Å²) in [6, 6.07) is 10.3. The number of rotatable bonds is 12. The fourth-order valence-corrected chi connectivity index (χ4v) is 5.50. The number of hydrogen-bond donors (Lipinski definition) is 3. The molecule has 0 saturated heterocycles. The zero-order valence-electron chi connectivity index (χ0n) is 24.2. The highest BCUT2D eigenvalue weighted by Gasteiger charge is 2.36. The minimum atomic E-state index is -5.01. The monoisotopic (exact) mass is 621 g/mol. The van der Waals surface area contributed by atoms with Crippen LogP contribution in [0.2, 0.25) is 0 Å². The number of aryl methyl sites for hydroxylation is 1. The van der Waals surface area contributed by atoms with Gasteiger partial charge in [-0.15, -0.1) is 0 Å². The van der Waals surface area contributed by atoms with Crippen LogP contribution >= 0.6 is 0 Å². The van der Waals surface area contributed by atoms with E-state index in [0.29, 0.717) is 24.0 Å². The Morgan fingerprint density at radius 1 is 1.19 bits per heavy atom. The number of carbonyl (C=O) groups is 3. The molecule has 0 radical (unpaired) electrons. The van der Waals surface area contributed by atoms with E-state index >= 15 is 4.39 Å². The molecule has 1 aliphatic rings. The number of ether oxygens (including phenoxy) is 3. The van der Waals surface area contributed by atoms with Gasteiger partial charge in [0.2, 0.25) is 0 Å². The second-order valence-corrected chi connectivity index (χ2v) is 12.4. The van der Waals surface area contributed by atoms with E-state index in [1.54, 1.807) is 55.8 Å². The number of nitrogens with zero attached hydrogens (tertiary/aromatic N) is 1. The predicted octanol–water partition coefficient (Wildman–Crippen LogP) is 4.08. The Balaban J connectivity index is 2.02. The van der Waals surface area contributed by atoms with Crippen LogP contribution in [0.15, 0.2) is 49.1 Å². The highest BCUT2D eigenvalue weighted by molar-refractivity contribution is 7.91. The molecule has 3 N–H and O–H groups in total. The Kier molecular flexibility index (Phi) is 11.0. The highest BCUT2D eigenvalue weighted by atomic mass is 32.2. The van der Waals surface area contributed by atoms with Crippen LogP contribution in [0.3, 0.4) is 0 Å². The molecule has 14 heteroatoms. The molecule has 0 bridgehead atoms. The Labute approximate surface area is 250 Å². The van der Waals surface area contributed by atoms with E-state index in [-0.39, 0.29) is 47.7 Å². The number of hydrogen-bond acceptors (Lipinski definition) is 8. The molecule has 0 aliphatic heterocycles. The van der Waals surface area contributed by atoms with Crippen molar-refractivity contribution >= 4 is 34.1 Å². The van der Waals surface area contributed by atoms with E-state index < -0.39 is 52.0 Å².